The van der Waals surface area contributed by atoms with Gasteiger partial charge in [0.1, 0.15) is 11.6 Å². The van der Waals surface area contributed by atoms with E-state index in [-0.39, 0.29) is 17.6 Å². The molecule has 1 aliphatic carbocycles. The van der Waals surface area contributed by atoms with Crippen LogP contribution < -0.4 is 11.1 Å². The zero-order chi connectivity index (χ0) is 11.1. The zero-order valence-corrected chi connectivity index (χ0v) is 8.94. The van der Waals surface area contributed by atoms with Gasteiger partial charge >= 0.3 is 0 Å². The summed E-state index contributed by atoms with van der Waals surface area (Å²) in [5.41, 5.74) is 5.41. The highest BCUT2D eigenvalue weighted by molar-refractivity contribution is 5.40. The van der Waals surface area contributed by atoms with Gasteiger partial charge in [-0.3, -0.25) is 4.98 Å². The van der Waals surface area contributed by atoms with Crippen LogP contribution in [0.3, 0.4) is 0 Å². The lowest BCUT2D eigenvalue weighted by molar-refractivity contribution is -0.0511. The Labute approximate surface area is 88.7 Å². The molecule has 2 unspecified atom stereocenters. The molecule has 1 aromatic rings. The number of nitrogens with one attached hydrogen (secondary N) is 1. The highest BCUT2D eigenvalue weighted by Gasteiger charge is 2.47. The first kappa shape index (κ1) is 10.2. The van der Waals surface area contributed by atoms with Gasteiger partial charge in [0.05, 0.1) is 18.5 Å². The SMILES string of the molecule is CC1(C)C(O)CC1Nc1cncc(N)n1. The highest BCUT2D eigenvalue weighted by atomic mass is 16.3. The van der Waals surface area contributed by atoms with E-state index in [1.54, 1.807) is 6.20 Å². The summed E-state index contributed by atoms with van der Waals surface area (Å²) < 4.78 is 0. The Morgan fingerprint density at radius 1 is 1.53 bits per heavy atom. The number of hydrogen-bond donors (Lipinski definition) is 3. The van der Waals surface area contributed by atoms with Crippen molar-refractivity contribution in [3.05, 3.63) is 12.4 Å². The van der Waals surface area contributed by atoms with Crippen molar-refractivity contribution in [2.75, 3.05) is 11.1 Å². The molecule has 1 fully saturated rings. The van der Waals surface area contributed by atoms with Crippen molar-refractivity contribution in [1.82, 2.24) is 9.97 Å². The smallest absolute Gasteiger partial charge is 0.147 e. The van der Waals surface area contributed by atoms with Gasteiger partial charge in [0.15, 0.2) is 0 Å². The minimum atomic E-state index is -0.246. The lowest BCUT2D eigenvalue weighted by Crippen LogP contribution is -2.57. The van der Waals surface area contributed by atoms with Crippen LogP contribution in [-0.4, -0.2) is 27.2 Å². The van der Waals surface area contributed by atoms with E-state index in [1.807, 2.05) is 13.8 Å². The molecule has 0 aromatic carbocycles. The normalized spacial score (nSPS) is 28.2. The second-order valence-electron chi connectivity index (χ2n) is 4.60. The molecule has 15 heavy (non-hydrogen) atoms. The lowest BCUT2D eigenvalue weighted by atomic mass is 9.64. The number of anilines is 2. The predicted octanol–water partition coefficient (Wildman–Crippen LogP) is 0.630. The van der Waals surface area contributed by atoms with E-state index in [0.717, 1.165) is 6.42 Å². The molecule has 2 rings (SSSR count). The Kier molecular flexibility index (Phi) is 2.26. The molecule has 0 bridgehead atoms. The first-order chi connectivity index (χ1) is 7.00. The van der Waals surface area contributed by atoms with Gasteiger partial charge < -0.3 is 16.2 Å². The van der Waals surface area contributed by atoms with E-state index in [0.29, 0.717) is 11.6 Å². The van der Waals surface area contributed by atoms with Crippen LogP contribution in [0.15, 0.2) is 12.4 Å². The first-order valence-corrected chi connectivity index (χ1v) is 5.02. The van der Waals surface area contributed by atoms with Gasteiger partial charge in [-0.25, -0.2) is 4.98 Å². The van der Waals surface area contributed by atoms with E-state index < -0.39 is 0 Å². The second kappa shape index (κ2) is 3.34. The monoisotopic (exact) mass is 208 g/mol. The maximum atomic E-state index is 9.58. The number of hydrogen-bond acceptors (Lipinski definition) is 5. The summed E-state index contributed by atoms with van der Waals surface area (Å²) in [7, 11) is 0. The molecule has 4 N–H and O–H groups in total. The van der Waals surface area contributed by atoms with Crippen molar-refractivity contribution in [1.29, 1.82) is 0 Å². The average Bonchev–Trinajstić information content (AvgIpc) is 2.17. The Hall–Kier alpha value is -1.36. The number of nitrogen functional groups attached to an aromatic ring is 1. The van der Waals surface area contributed by atoms with Gasteiger partial charge in [0.2, 0.25) is 0 Å². The van der Waals surface area contributed by atoms with E-state index >= 15 is 0 Å². The lowest BCUT2D eigenvalue weighted by Gasteiger charge is -2.49. The van der Waals surface area contributed by atoms with Gasteiger partial charge in [-0.15, -0.1) is 0 Å². The molecule has 1 aliphatic rings. The zero-order valence-electron chi connectivity index (χ0n) is 8.94. The Morgan fingerprint density at radius 2 is 2.27 bits per heavy atom. The predicted molar refractivity (Wildman–Crippen MR) is 58.3 cm³/mol. The van der Waals surface area contributed by atoms with Gasteiger partial charge in [0.25, 0.3) is 0 Å². The van der Waals surface area contributed by atoms with Crippen LogP contribution >= 0.6 is 0 Å². The third-order valence-electron chi connectivity index (χ3n) is 3.19. The van der Waals surface area contributed by atoms with Crippen molar-refractivity contribution >= 4 is 11.6 Å². The summed E-state index contributed by atoms with van der Waals surface area (Å²) in [6.07, 6.45) is 3.64. The van der Waals surface area contributed by atoms with E-state index in [2.05, 4.69) is 15.3 Å². The molecule has 2 atom stereocenters. The fraction of sp³-hybridized carbons (Fsp3) is 0.600. The van der Waals surface area contributed by atoms with Crippen molar-refractivity contribution in [2.24, 2.45) is 5.41 Å². The van der Waals surface area contributed by atoms with E-state index in [4.69, 9.17) is 5.73 Å². The van der Waals surface area contributed by atoms with Crippen LogP contribution in [0.5, 0.6) is 0 Å². The third kappa shape index (κ3) is 1.74. The molecule has 0 amide bonds. The average molecular weight is 208 g/mol. The van der Waals surface area contributed by atoms with Crippen molar-refractivity contribution in [3.8, 4) is 0 Å². The highest BCUT2D eigenvalue weighted by Crippen LogP contribution is 2.41. The van der Waals surface area contributed by atoms with E-state index in [9.17, 15) is 5.11 Å². The van der Waals surface area contributed by atoms with Crippen LogP contribution in [0, 0.1) is 5.41 Å². The van der Waals surface area contributed by atoms with Gasteiger partial charge in [-0.1, -0.05) is 13.8 Å². The van der Waals surface area contributed by atoms with Crippen molar-refractivity contribution in [2.45, 2.75) is 32.4 Å². The van der Waals surface area contributed by atoms with Gasteiger partial charge in [-0.05, 0) is 6.42 Å². The summed E-state index contributed by atoms with van der Waals surface area (Å²) >= 11 is 0. The standard InChI is InChI=1S/C10H16N4O/c1-10(2)6(3-7(10)15)13-9-5-12-4-8(11)14-9/h4-7,15H,3H2,1-2H3,(H3,11,13,14). The molecule has 5 nitrogen and oxygen atoms in total. The summed E-state index contributed by atoms with van der Waals surface area (Å²) in [5.74, 6) is 1.07. The number of aliphatic hydroxyl groups is 1. The maximum Gasteiger partial charge on any atom is 0.147 e. The van der Waals surface area contributed by atoms with Gasteiger partial charge in [-0.2, -0.15) is 0 Å². The van der Waals surface area contributed by atoms with E-state index in [1.165, 1.54) is 6.20 Å². The number of nitrogens with two attached hydrogens (primary N) is 1. The molecule has 0 aliphatic heterocycles. The topological polar surface area (TPSA) is 84.1 Å². The fourth-order valence-electron chi connectivity index (χ4n) is 1.78. The summed E-state index contributed by atoms with van der Waals surface area (Å²) in [4.78, 5) is 8.06. The number of nitrogens with zero attached hydrogens (tertiary/aromatic N) is 2. The van der Waals surface area contributed by atoms with Gasteiger partial charge in [0, 0.05) is 11.5 Å². The molecular weight excluding hydrogens is 192 g/mol. The number of aliphatic hydroxyl groups excluding tert-OH is 1. The van der Waals surface area contributed by atoms with Crippen LogP contribution in [-0.2, 0) is 0 Å². The molecule has 1 heterocycles. The first-order valence-electron chi connectivity index (χ1n) is 5.02. The van der Waals surface area contributed by atoms with Crippen LogP contribution in [0.4, 0.5) is 11.6 Å². The molecule has 0 radical (unpaired) electrons. The molecule has 1 aromatic heterocycles. The van der Waals surface area contributed by atoms with Crippen LogP contribution in [0.2, 0.25) is 0 Å². The van der Waals surface area contributed by atoms with Crippen LogP contribution in [0.25, 0.3) is 0 Å². The number of aromatic nitrogens is 2. The van der Waals surface area contributed by atoms with Crippen molar-refractivity contribution < 1.29 is 5.11 Å². The molecule has 82 valence electrons. The number of rotatable bonds is 2. The third-order valence-corrected chi connectivity index (χ3v) is 3.19. The Balaban J connectivity index is 2.05. The molecule has 0 spiro atoms. The Morgan fingerprint density at radius 3 is 2.80 bits per heavy atom. The fourth-order valence-corrected chi connectivity index (χ4v) is 1.78. The minimum Gasteiger partial charge on any atom is -0.392 e. The summed E-state index contributed by atoms with van der Waals surface area (Å²) in [6.45, 7) is 4.05. The molecule has 0 saturated heterocycles. The largest absolute Gasteiger partial charge is 0.392 e. The molecule has 1 saturated carbocycles. The Bertz CT molecular complexity index is 366. The second-order valence-corrected chi connectivity index (χ2v) is 4.60. The maximum absolute atomic E-state index is 9.58. The van der Waals surface area contributed by atoms with Crippen LogP contribution in [0.1, 0.15) is 20.3 Å². The quantitative estimate of drug-likeness (QED) is 0.664. The minimum absolute atomic E-state index is 0.119. The summed E-state index contributed by atoms with van der Waals surface area (Å²) in [5, 5.41) is 12.8. The molecule has 5 heteroatoms. The summed E-state index contributed by atoms with van der Waals surface area (Å²) in [6, 6.07) is 0.226. The van der Waals surface area contributed by atoms with Crippen molar-refractivity contribution in [3.63, 3.8) is 0 Å². The molecular formula is C10H16N4O.